The number of nitrogens with zero attached hydrogens (tertiary/aromatic N) is 2. The fourth-order valence-corrected chi connectivity index (χ4v) is 5.24. The number of benzene rings is 1. The fourth-order valence-electron chi connectivity index (χ4n) is 4.33. The van der Waals surface area contributed by atoms with Crippen molar-refractivity contribution in [1.29, 1.82) is 0 Å². The van der Waals surface area contributed by atoms with Gasteiger partial charge in [0, 0.05) is 19.0 Å². The highest BCUT2D eigenvalue weighted by atomic mass is 32.1. The molecular formula is C20H19N3O3S. The number of carbonyl (C=O) groups is 2. The summed E-state index contributed by atoms with van der Waals surface area (Å²) in [4.78, 5) is 31.0. The summed E-state index contributed by atoms with van der Waals surface area (Å²) in [6.45, 7) is 0.235. The van der Waals surface area contributed by atoms with Crippen molar-refractivity contribution in [2.45, 2.75) is 25.3 Å². The molecule has 0 radical (unpaired) electrons. The highest BCUT2D eigenvalue weighted by Gasteiger charge is 2.37. The molecule has 2 heterocycles. The topological polar surface area (TPSA) is 82.5 Å². The average Bonchev–Trinajstić information content (AvgIpc) is 3.41. The zero-order valence-corrected chi connectivity index (χ0v) is 15.4. The lowest BCUT2D eigenvalue weighted by Gasteiger charge is -2.18. The van der Waals surface area contributed by atoms with Gasteiger partial charge in [-0.25, -0.2) is 0 Å². The molecule has 0 saturated heterocycles. The van der Waals surface area contributed by atoms with Gasteiger partial charge in [0.05, 0.1) is 16.0 Å². The molecule has 138 valence electrons. The van der Waals surface area contributed by atoms with E-state index in [-0.39, 0.29) is 24.2 Å². The molecule has 1 aliphatic heterocycles. The number of aromatic hydroxyl groups is 1. The third-order valence-corrected chi connectivity index (χ3v) is 6.74. The van der Waals surface area contributed by atoms with Gasteiger partial charge in [0.15, 0.2) is 5.13 Å². The highest BCUT2D eigenvalue weighted by molar-refractivity contribution is 7.15. The van der Waals surface area contributed by atoms with E-state index in [1.807, 2.05) is 0 Å². The zero-order chi connectivity index (χ0) is 18.5. The number of allylic oxidation sites excluding steroid dienone is 1. The monoisotopic (exact) mass is 381 g/mol. The number of anilines is 1. The number of carbonyl (C=O) groups excluding carboxylic acids is 2. The van der Waals surface area contributed by atoms with Crippen molar-refractivity contribution in [2.24, 2.45) is 11.8 Å². The van der Waals surface area contributed by atoms with Crippen LogP contribution in [0.4, 0.5) is 5.13 Å². The van der Waals surface area contributed by atoms with E-state index >= 15 is 0 Å². The number of rotatable bonds is 5. The number of amides is 2. The standard InChI is InChI=1S/C20H19N3O3S/c24-17-16(27-20(22-17)21-15-10-11-5-6-12(15)9-11)7-8-23-18(25)13-3-1-2-4-14(13)19(23)26/h1-6,11-12,15,24H,7-10H2,(H,21,22). The maximum absolute atomic E-state index is 12.4. The van der Waals surface area contributed by atoms with Crippen LogP contribution in [0.1, 0.15) is 38.4 Å². The summed E-state index contributed by atoms with van der Waals surface area (Å²) < 4.78 is 0. The Bertz CT molecular complexity index is 932. The molecule has 1 fully saturated rings. The van der Waals surface area contributed by atoms with E-state index < -0.39 is 0 Å². The van der Waals surface area contributed by atoms with E-state index in [4.69, 9.17) is 0 Å². The van der Waals surface area contributed by atoms with Crippen LogP contribution in [0, 0.1) is 11.8 Å². The molecule has 3 unspecified atom stereocenters. The maximum Gasteiger partial charge on any atom is 0.261 e. The minimum atomic E-state index is -0.272. The number of nitrogens with one attached hydrogen (secondary N) is 1. The first-order valence-corrected chi connectivity index (χ1v) is 10.0. The van der Waals surface area contributed by atoms with E-state index in [9.17, 15) is 14.7 Å². The molecule has 2 aliphatic carbocycles. The van der Waals surface area contributed by atoms with Gasteiger partial charge in [-0.15, -0.1) is 0 Å². The lowest BCUT2D eigenvalue weighted by atomic mass is 10.0. The molecule has 1 aromatic carbocycles. The molecule has 1 saturated carbocycles. The van der Waals surface area contributed by atoms with Crippen LogP contribution in [0.15, 0.2) is 36.4 Å². The molecule has 3 aliphatic rings. The van der Waals surface area contributed by atoms with Gasteiger partial charge in [-0.3, -0.25) is 14.5 Å². The third kappa shape index (κ3) is 2.73. The van der Waals surface area contributed by atoms with Gasteiger partial charge in [-0.05, 0) is 36.8 Å². The van der Waals surface area contributed by atoms with Crippen molar-refractivity contribution in [2.75, 3.05) is 11.9 Å². The molecule has 3 atom stereocenters. The molecule has 2 amide bonds. The smallest absolute Gasteiger partial charge is 0.261 e. The maximum atomic E-state index is 12.4. The van der Waals surface area contributed by atoms with Crippen LogP contribution < -0.4 is 5.32 Å². The van der Waals surface area contributed by atoms with Gasteiger partial charge in [0.1, 0.15) is 0 Å². The molecule has 5 rings (SSSR count). The van der Waals surface area contributed by atoms with Gasteiger partial charge >= 0.3 is 0 Å². The van der Waals surface area contributed by atoms with Crippen molar-refractivity contribution < 1.29 is 14.7 Å². The van der Waals surface area contributed by atoms with Crippen LogP contribution >= 0.6 is 11.3 Å². The normalized spacial score (nSPS) is 25.5. The van der Waals surface area contributed by atoms with Gasteiger partial charge in [0.2, 0.25) is 5.88 Å². The third-order valence-electron chi connectivity index (χ3n) is 5.71. The van der Waals surface area contributed by atoms with E-state index in [1.165, 1.54) is 22.7 Å². The molecule has 1 aromatic heterocycles. The van der Waals surface area contributed by atoms with Crippen molar-refractivity contribution >= 4 is 28.3 Å². The summed E-state index contributed by atoms with van der Waals surface area (Å²) in [5, 5.41) is 14.3. The van der Waals surface area contributed by atoms with Crippen LogP contribution in [0.3, 0.4) is 0 Å². The summed E-state index contributed by atoms with van der Waals surface area (Å²) in [6.07, 6.45) is 7.25. The van der Waals surface area contributed by atoms with Gasteiger partial charge in [0.25, 0.3) is 11.8 Å². The van der Waals surface area contributed by atoms with Crippen LogP contribution in [-0.2, 0) is 6.42 Å². The van der Waals surface area contributed by atoms with Gasteiger partial charge in [-0.1, -0.05) is 35.6 Å². The van der Waals surface area contributed by atoms with Gasteiger partial charge in [-0.2, -0.15) is 4.98 Å². The second-order valence-electron chi connectivity index (χ2n) is 7.35. The van der Waals surface area contributed by atoms with E-state index in [0.29, 0.717) is 45.4 Å². The Hall–Kier alpha value is -2.67. The molecule has 2 bridgehead atoms. The Balaban J connectivity index is 1.26. The molecule has 0 spiro atoms. The minimum Gasteiger partial charge on any atom is -0.492 e. The fraction of sp³-hybridized carbons (Fsp3) is 0.350. The summed E-state index contributed by atoms with van der Waals surface area (Å²) in [6, 6.07) is 7.22. The lowest BCUT2D eigenvalue weighted by Crippen LogP contribution is -2.31. The Kier molecular flexibility index (Phi) is 3.79. The van der Waals surface area contributed by atoms with Crippen LogP contribution in [-0.4, -0.2) is 39.4 Å². The first-order chi connectivity index (χ1) is 13.1. The highest BCUT2D eigenvalue weighted by Crippen LogP contribution is 2.41. The van der Waals surface area contributed by atoms with Crippen molar-refractivity contribution in [3.05, 3.63) is 52.4 Å². The number of imide groups is 1. The van der Waals surface area contributed by atoms with Crippen LogP contribution in [0.5, 0.6) is 5.88 Å². The molecule has 27 heavy (non-hydrogen) atoms. The van der Waals surface area contributed by atoms with Crippen molar-refractivity contribution in [3.63, 3.8) is 0 Å². The Morgan fingerprint density at radius 2 is 1.89 bits per heavy atom. The summed E-state index contributed by atoms with van der Waals surface area (Å²) in [7, 11) is 0. The van der Waals surface area contributed by atoms with E-state index in [1.54, 1.807) is 24.3 Å². The number of hydrogen-bond acceptors (Lipinski definition) is 6. The van der Waals surface area contributed by atoms with Crippen molar-refractivity contribution in [3.8, 4) is 5.88 Å². The molecule has 2 aromatic rings. The summed E-state index contributed by atoms with van der Waals surface area (Å²) in [5.41, 5.74) is 0.894. The van der Waals surface area contributed by atoms with E-state index in [0.717, 1.165) is 6.42 Å². The Labute approximate surface area is 160 Å². The Morgan fingerprint density at radius 3 is 2.52 bits per heavy atom. The molecule has 2 N–H and O–H groups in total. The number of fused-ring (bicyclic) bond motifs is 3. The number of hydrogen-bond donors (Lipinski definition) is 2. The summed E-state index contributed by atoms with van der Waals surface area (Å²) in [5.74, 6) is 0.647. The first-order valence-electron chi connectivity index (χ1n) is 9.19. The molecule has 6 nitrogen and oxygen atoms in total. The van der Waals surface area contributed by atoms with E-state index in [2.05, 4.69) is 22.5 Å². The predicted molar refractivity (Wildman–Crippen MR) is 102 cm³/mol. The predicted octanol–water partition coefficient (Wildman–Crippen LogP) is 3.06. The SMILES string of the molecule is O=C1c2ccccc2C(=O)N1CCc1sc(NC2CC3C=CC2C3)nc1O. The minimum absolute atomic E-state index is 0.0159. The molecule has 7 heteroatoms. The quantitative estimate of drug-likeness (QED) is 0.614. The number of thiazole rings is 1. The average molecular weight is 381 g/mol. The number of aromatic nitrogens is 1. The summed E-state index contributed by atoms with van der Waals surface area (Å²) >= 11 is 1.40. The largest absolute Gasteiger partial charge is 0.492 e. The van der Waals surface area contributed by atoms with Crippen LogP contribution in [0.25, 0.3) is 0 Å². The zero-order valence-electron chi connectivity index (χ0n) is 14.6. The lowest BCUT2D eigenvalue weighted by molar-refractivity contribution is 0.0656. The second-order valence-corrected chi connectivity index (χ2v) is 8.44. The first kappa shape index (κ1) is 16.5. The molecular weight excluding hydrogens is 362 g/mol. The van der Waals surface area contributed by atoms with Gasteiger partial charge < -0.3 is 10.4 Å². The van der Waals surface area contributed by atoms with Crippen molar-refractivity contribution in [1.82, 2.24) is 9.88 Å². The van der Waals surface area contributed by atoms with Crippen LogP contribution in [0.2, 0.25) is 0 Å². The second kappa shape index (κ2) is 6.20. The Morgan fingerprint density at radius 1 is 1.15 bits per heavy atom.